The molecule has 0 radical (unpaired) electrons. The molecular weight excluding hydrogens is 435 g/mol. The first-order valence-corrected chi connectivity index (χ1v) is 11.7. The average molecular weight is 459 g/mol. The van der Waals surface area contributed by atoms with Crippen molar-refractivity contribution in [3.05, 3.63) is 46.9 Å². The Hall–Kier alpha value is -3.23. The highest BCUT2D eigenvalue weighted by Crippen LogP contribution is 2.33. The molecule has 9 nitrogen and oxygen atoms in total. The zero-order valence-corrected chi connectivity index (χ0v) is 18.3. The smallest absolute Gasteiger partial charge is 0.261 e. The number of nitrogens with zero attached hydrogens (tertiary/aromatic N) is 4. The molecule has 0 atom stereocenters. The predicted molar refractivity (Wildman–Crippen MR) is 118 cm³/mol. The second-order valence-electron chi connectivity index (χ2n) is 7.83. The summed E-state index contributed by atoms with van der Waals surface area (Å²) in [6.07, 6.45) is 2.85. The molecule has 1 aromatic carbocycles. The summed E-state index contributed by atoms with van der Waals surface area (Å²) < 4.78 is 40.9. The van der Waals surface area contributed by atoms with Crippen LogP contribution in [0.25, 0.3) is 10.9 Å². The molecule has 2 fully saturated rings. The van der Waals surface area contributed by atoms with E-state index >= 15 is 0 Å². The van der Waals surface area contributed by atoms with Crippen molar-refractivity contribution in [2.45, 2.75) is 37.4 Å². The van der Waals surface area contributed by atoms with E-state index in [9.17, 15) is 17.6 Å². The second-order valence-corrected chi connectivity index (χ2v) is 9.77. The molecule has 2 aromatic heterocycles. The maximum absolute atomic E-state index is 13.0. The number of aromatic amines is 1. The van der Waals surface area contributed by atoms with E-state index in [1.165, 1.54) is 31.9 Å². The van der Waals surface area contributed by atoms with Gasteiger partial charge in [-0.15, -0.1) is 0 Å². The minimum Gasteiger partial charge on any atom is -0.338 e. The van der Waals surface area contributed by atoms with Gasteiger partial charge < -0.3 is 10.3 Å². The van der Waals surface area contributed by atoms with Gasteiger partial charge in [0, 0.05) is 38.4 Å². The summed E-state index contributed by atoms with van der Waals surface area (Å²) in [6.45, 7) is 2.00. The van der Waals surface area contributed by atoms with Crippen LogP contribution in [0.2, 0.25) is 0 Å². The van der Waals surface area contributed by atoms with Crippen LogP contribution in [0, 0.1) is 17.2 Å². The van der Waals surface area contributed by atoms with Gasteiger partial charge >= 0.3 is 0 Å². The van der Waals surface area contributed by atoms with Crippen LogP contribution in [0.15, 0.2) is 46.2 Å². The molecule has 2 aliphatic rings. The van der Waals surface area contributed by atoms with E-state index in [2.05, 4.69) is 15.4 Å². The molecule has 32 heavy (non-hydrogen) atoms. The molecule has 0 amide bonds. The molecule has 1 saturated carbocycles. The van der Waals surface area contributed by atoms with Gasteiger partial charge in [-0.2, -0.15) is 14.7 Å². The molecule has 2 N–H and O–H groups in total. The van der Waals surface area contributed by atoms with Crippen molar-refractivity contribution in [2.24, 2.45) is 5.92 Å². The first kappa shape index (κ1) is 22.0. The Bertz CT molecular complexity index is 1320. The zero-order chi connectivity index (χ0) is 22.9. The minimum absolute atomic E-state index is 0.102. The number of alkyl halides is 1. The van der Waals surface area contributed by atoms with Crippen molar-refractivity contribution in [1.82, 2.24) is 19.1 Å². The highest BCUT2D eigenvalue weighted by molar-refractivity contribution is 7.89. The molecule has 5 rings (SSSR count). The lowest BCUT2D eigenvalue weighted by Crippen LogP contribution is -2.51. The van der Waals surface area contributed by atoms with Gasteiger partial charge in [0.05, 0.1) is 16.5 Å². The normalized spacial score (nSPS) is 16.7. The van der Waals surface area contributed by atoms with E-state index in [0.29, 0.717) is 22.8 Å². The topological polar surface area (TPSA) is 124 Å². The number of nitriles is 1. The van der Waals surface area contributed by atoms with Gasteiger partial charge in [-0.25, -0.2) is 12.8 Å². The molecule has 1 saturated heterocycles. The number of H-pyrrole nitrogens is 1. The third-order valence-corrected chi connectivity index (χ3v) is 7.21. The summed E-state index contributed by atoms with van der Waals surface area (Å²) in [7, 11) is -3.68. The lowest BCUT2D eigenvalue weighted by atomic mass is 10.3. The van der Waals surface area contributed by atoms with E-state index in [1.807, 2.05) is 10.7 Å². The van der Waals surface area contributed by atoms with Crippen LogP contribution in [0.3, 0.4) is 0 Å². The Labute approximate surface area is 184 Å². The van der Waals surface area contributed by atoms with Gasteiger partial charge in [0.1, 0.15) is 11.6 Å². The molecule has 11 heteroatoms. The summed E-state index contributed by atoms with van der Waals surface area (Å²) in [5, 5.41) is 15.5. The van der Waals surface area contributed by atoms with E-state index in [-0.39, 0.29) is 23.5 Å². The summed E-state index contributed by atoms with van der Waals surface area (Å²) in [5.41, 5.74) is 1.14. The first-order valence-electron chi connectivity index (χ1n) is 10.2. The maximum atomic E-state index is 13.0. The van der Waals surface area contributed by atoms with Gasteiger partial charge in [0.25, 0.3) is 5.56 Å². The van der Waals surface area contributed by atoms with Crippen molar-refractivity contribution >= 4 is 32.4 Å². The number of halogens is 1. The summed E-state index contributed by atoms with van der Waals surface area (Å²) in [5.74, 6) is 1.03. The number of pyridine rings is 1. The highest BCUT2D eigenvalue weighted by Gasteiger charge is 2.36. The Morgan fingerprint density at radius 2 is 1.91 bits per heavy atom. The van der Waals surface area contributed by atoms with Crippen molar-refractivity contribution < 1.29 is 12.8 Å². The van der Waals surface area contributed by atoms with Crippen LogP contribution in [0.4, 0.5) is 15.9 Å². The van der Waals surface area contributed by atoms with Crippen LogP contribution < -0.4 is 10.9 Å². The van der Waals surface area contributed by atoms with Crippen LogP contribution in [0.5, 0.6) is 0 Å². The predicted octanol–water partition coefficient (Wildman–Crippen LogP) is 2.75. The minimum atomic E-state index is -3.68. The Kier molecular flexibility index (Phi) is 5.99. The fraction of sp³-hybridized carbons (Fsp3) is 0.381. The number of hydrogen-bond acceptors (Lipinski definition) is 6. The van der Waals surface area contributed by atoms with Crippen molar-refractivity contribution in [1.29, 1.82) is 5.26 Å². The fourth-order valence-electron chi connectivity index (χ4n) is 3.49. The van der Waals surface area contributed by atoms with E-state index < -0.39 is 16.2 Å². The van der Waals surface area contributed by atoms with Crippen molar-refractivity contribution in [2.75, 3.05) is 18.4 Å². The number of fused-ring (bicyclic) bond motifs is 1. The summed E-state index contributed by atoms with van der Waals surface area (Å²) in [4.78, 5) is 15.2. The van der Waals surface area contributed by atoms with Crippen LogP contribution >= 0.6 is 0 Å². The number of aromatic nitrogens is 3. The Morgan fingerprint density at radius 1 is 1.25 bits per heavy atom. The molecule has 3 aromatic rings. The third-order valence-electron chi connectivity index (χ3n) is 5.36. The fourth-order valence-corrected chi connectivity index (χ4v) is 4.98. The maximum Gasteiger partial charge on any atom is 0.261 e. The number of anilines is 2. The lowest BCUT2D eigenvalue weighted by molar-refractivity contribution is 0.141. The average Bonchev–Trinajstić information content (AvgIpc) is 3.48. The first-order chi connectivity index (χ1) is 15.3. The van der Waals surface area contributed by atoms with Crippen molar-refractivity contribution in [3.63, 3.8) is 0 Å². The van der Waals surface area contributed by atoms with E-state index in [4.69, 9.17) is 5.26 Å². The molecule has 0 spiro atoms. The zero-order valence-electron chi connectivity index (χ0n) is 17.5. The summed E-state index contributed by atoms with van der Waals surface area (Å²) in [6, 6.07) is 9.75. The van der Waals surface area contributed by atoms with E-state index in [0.717, 1.165) is 16.4 Å². The molecule has 1 aliphatic heterocycles. The van der Waals surface area contributed by atoms with Gasteiger partial charge in [-0.3, -0.25) is 9.48 Å². The summed E-state index contributed by atoms with van der Waals surface area (Å²) >= 11 is 0. The number of sulfonamides is 1. The van der Waals surface area contributed by atoms with Gasteiger partial charge in [0.2, 0.25) is 10.0 Å². The largest absolute Gasteiger partial charge is 0.338 e. The molecule has 0 unspecified atom stereocenters. The van der Waals surface area contributed by atoms with Crippen LogP contribution in [0.1, 0.15) is 19.8 Å². The highest BCUT2D eigenvalue weighted by atomic mass is 32.2. The van der Waals surface area contributed by atoms with Crippen molar-refractivity contribution in [3.8, 4) is 6.07 Å². The molecule has 0 bridgehead atoms. The van der Waals surface area contributed by atoms with Crippen LogP contribution in [-0.4, -0.2) is 46.7 Å². The number of benzene rings is 1. The molecule has 3 heterocycles. The number of rotatable bonds is 6. The van der Waals surface area contributed by atoms with Gasteiger partial charge in [0.15, 0.2) is 5.82 Å². The van der Waals surface area contributed by atoms with Gasteiger partial charge in [-0.05, 0) is 49.1 Å². The third kappa shape index (κ3) is 4.37. The monoisotopic (exact) mass is 458 g/mol. The Balaban J connectivity index is 0.000000775. The standard InChI is InChI=1S/C19H20FN5O3S.C2H3N/c20-13-10-24(11-13)29(27,28)15-5-3-14(4-6-15)22-18-17-16(7-8-21-19(17)26)25(23-18)9-12-1-2-12;1-2-3/h3-8,12-13H,1-2,9-11H2,(H,21,26)(H,22,23);1H3. The quantitative estimate of drug-likeness (QED) is 0.585. The SMILES string of the molecule is CC#N.O=c1[nH]ccc2c1c(Nc1ccc(S(=O)(=O)N3CC(F)C3)cc1)nn2CC1CC1. The second kappa shape index (κ2) is 8.72. The molecule has 1 aliphatic carbocycles. The molecular formula is C21H23FN6O3S. The number of nitrogens with one attached hydrogen (secondary N) is 2. The molecule has 168 valence electrons. The number of hydrogen-bond donors (Lipinski definition) is 2. The van der Waals surface area contributed by atoms with Gasteiger partial charge in [-0.1, -0.05) is 0 Å². The lowest BCUT2D eigenvalue weighted by Gasteiger charge is -2.33. The van der Waals surface area contributed by atoms with Crippen LogP contribution in [-0.2, 0) is 16.6 Å². The Morgan fingerprint density at radius 3 is 2.50 bits per heavy atom. The van der Waals surface area contributed by atoms with E-state index in [1.54, 1.807) is 24.4 Å².